The zero-order valence-corrected chi connectivity index (χ0v) is 19.0. The number of carbonyl (C=O) groups excluding carboxylic acids is 1. The zero-order valence-electron chi connectivity index (χ0n) is 17.3. The lowest BCUT2D eigenvalue weighted by Gasteiger charge is -2.35. The van der Waals surface area contributed by atoms with Crippen LogP contribution in [0, 0.1) is 11.8 Å². The van der Waals surface area contributed by atoms with E-state index in [0.717, 1.165) is 19.5 Å². The van der Waals surface area contributed by atoms with Gasteiger partial charge in [-0.15, -0.1) is 11.3 Å². The normalized spacial score (nSPS) is 19.2. The van der Waals surface area contributed by atoms with Crippen molar-refractivity contribution in [3.05, 3.63) is 46.1 Å². The molecule has 158 valence electrons. The minimum atomic E-state index is -0.144. The molecular weight excluding hydrogens is 418 g/mol. The minimum Gasteiger partial charge on any atom is -0.495 e. The largest absolute Gasteiger partial charge is 0.495 e. The summed E-state index contributed by atoms with van der Waals surface area (Å²) in [7, 11) is 1.58. The molecule has 4 rings (SSSR count). The van der Waals surface area contributed by atoms with Crippen LogP contribution < -0.4 is 10.3 Å². The summed E-state index contributed by atoms with van der Waals surface area (Å²) in [6.07, 6.45) is 1.15. The van der Waals surface area contributed by atoms with Crippen molar-refractivity contribution in [1.29, 1.82) is 0 Å². The van der Waals surface area contributed by atoms with E-state index in [0.29, 0.717) is 38.6 Å². The standard InChI is InChI=1S/C22H25N3O3S2/c1-14-10-15(2)12-24(11-14)19(26)13-30-22-23-16-8-9-29-20(16)21(27)25(22)17-6-4-5-7-18(17)28-3/h4-9,14-15H,10-13H2,1-3H3/t14-,15-/m1/s1. The number of fused-ring (bicyclic) bond motifs is 1. The Kier molecular flexibility index (Phi) is 6.15. The predicted molar refractivity (Wildman–Crippen MR) is 122 cm³/mol. The summed E-state index contributed by atoms with van der Waals surface area (Å²) in [5, 5.41) is 2.36. The van der Waals surface area contributed by atoms with E-state index in [1.54, 1.807) is 11.7 Å². The molecule has 0 saturated carbocycles. The summed E-state index contributed by atoms with van der Waals surface area (Å²) < 4.78 is 7.64. The maximum atomic E-state index is 13.3. The molecule has 1 amide bonds. The number of para-hydroxylation sites is 2. The van der Waals surface area contributed by atoms with Crippen LogP contribution in [0.15, 0.2) is 45.7 Å². The van der Waals surface area contributed by atoms with Gasteiger partial charge in [0.1, 0.15) is 10.4 Å². The maximum absolute atomic E-state index is 13.3. The van der Waals surface area contributed by atoms with E-state index in [2.05, 4.69) is 13.8 Å². The summed E-state index contributed by atoms with van der Waals surface area (Å²) in [6, 6.07) is 9.21. The number of amides is 1. The summed E-state index contributed by atoms with van der Waals surface area (Å²) >= 11 is 2.68. The number of likely N-dealkylation sites (tertiary alicyclic amines) is 1. The number of nitrogens with zero attached hydrogens (tertiary/aromatic N) is 3. The molecule has 2 aromatic heterocycles. The summed E-state index contributed by atoms with van der Waals surface area (Å²) in [5.74, 6) is 1.94. The molecule has 6 nitrogen and oxygen atoms in total. The average molecular weight is 444 g/mol. The Morgan fingerprint density at radius 1 is 1.23 bits per heavy atom. The SMILES string of the molecule is COc1ccccc1-n1c(SCC(=O)N2C[C@H](C)C[C@@H](C)C2)nc2ccsc2c1=O. The molecule has 3 aromatic rings. The second-order valence-corrected chi connectivity index (χ2v) is 9.73. The van der Waals surface area contributed by atoms with Crippen LogP contribution in [0.5, 0.6) is 5.75 Å². The number of thioether (sulfide) groups is 1. The highest BCUT2D eigenvalue weighted by Gasteiger charge is 2.26. The number of thiophene rings is 1. The molecule has 0 bridgehead atoms. The van der Waals surface area contributed by atoms with Gasteiger partial charge in [-0.1, -0.05) is 37.7 Å². The summed E-state index contributed by atoms with van der Waals surface area (Å²) in [5.41, 5.74) is 1.14. The first-order valence-electron chi connectivity index (χ1n) is 10.0. The number of carbonyl (C=O) groups is 1. The molecule has 30 heavy (non-hydrogen) atoms. The van der Waals surface area contributed by atoms with Gasteiger partial charge in [0.15, 0.2) is 5.16 Å². The lowest BCUT2D eigenvalue weighted by molar-refractivity contribution is -0.130. The van der Waals surface area contributed by atoms with Crippen LogP contribution in [0.25, 0.3) is 15.9 Å². The van der Waals surface area contributed by atoms with Gasteiger partial charge in [-0.2, -0.15) is 0 Å². The van der Waals surface area contributed by atoms with Crippen LogP contribution in [-0.2, 0) is 4.79 Å². The Bertz CT molecular complexity index is 1110. The Morgan fingerprint density at radius 3 is 2.70 bits per heavy atom. The third-order valence-electron chi connectivity index (χ3n) is 5.32. The fraction of sp³-hybridized carbons (Fsp3) is 0.409. The first-order chi connectivity index (χ1) is 14.5. The van der Waals surface area contributed by atoms with E-state index >= 15 is 0 Å². The number of ether oxygens (including phenoxy) is 1. The van der Waals surface area contributed by atoms with Crippen molar-refractivity contribution >= 4 is 39.2 Å². The van der Waals surface area contributed by atoms with E-state index in [1.165, 1.54) is 23.1 Å². The highest BCUT2D eigenvalue weighted by molar-refractivity contribution is 7.99. The maximum Gasteiger partial charge on any atom is 0.276 e. The molecule has 0 N–H and O–H groups in total. The van der Waals surface area contributed by atoms with Crippen LogP contribution in [0.3, 0.4) is 0 Å². The fourth-order valence-electron chi connectivity index (χ4n) is 4.10. The molecule has 0 unspecified atom stereocenters. The first-order valence-corrected chi connectivity index (χ1v) is 11.9. The molecular formula is C22H25N3O3S2. The number of aromatic nitrogens is 2. The Balaban J connectivity index is 1.68. The van der Waals surface area contributed by atoms with Crippen molar-refractivity contribution < 1.29 is 9.53 Å². The second kappa shape index (κ2) is 8.81. The fourth-order valence-corrected chi connectivity index (χ4v) is 5.77. The molecule has 1 saturated heterocycles. The van der Waals surface area contributed by atoms with Crippen molar-refractivity contribution in [2.24, 2.45) is 11.8 Å². The van der Waals surface area contributed by atoms with Gasteiger partial charge in [-0.3, -0.25) is 14.2 Å². The number of methoxy groups -OCH3 is 1. The van der Waals surface area contributed by atoms with E-state index in [9.17, 15) is 9.59 Å². The van der Waals surface area contributed by atoms with E-state index < -0.39 is 0 Å². The highest BCUT2D eigenvalue weighted by atomic mass is 32.2. The Hall–Kier alpha value is -2.32. The van der Waals surface area contributed by atoms with Gasteiger partial charge in [0, 0.05) is 13.1 Å². The van der Waals surface area contributed by atoms with Gasteiger partial charge in [-0.25, -0.2) is 4.98 Å². The van der Waals surface area contributed by atoms with Crippen LogP contribution in [0.2, 0.25) is 0 Å². The van der Waals surface area contributed by atoms with Crippen LogP contribution >= 0.6 is 23.1 Å². The Labute approximate surface area is 183 Å². The van der Waals surface area contributed by atoms with E-state index in [1.807, 2.05) is 40.6 Å². The third-order valence-corrected chi connectivity index (χ3v) is 7.14. The topological polar surface area (TPSA) is 64.4 Å². The van der Waals surface area contributed by atoms with Crippen molar-refractivity contribution in [1.82, 2.24) is 14.5 Å². The average Bonchev–Trinajstić information content (AvgIpc) is 3.20. The van der Waals surface area contributed by atoms with Gasteiger partial charge < -0.3 is 9.64 Å². The lowest BCUT2D eigenvalue weighted by Crippen LogP contribution is -2.43. The molecule has 8 heteroatoms. The Morgan fingerprint density at radius 2 is 1.97 bits per heavy atom. The zero-order chi connectivity index (χ0) is 21.3. The number of piperidine rings is 1. The molecule has 1 aromatic carbocycles. The highest BCUT2D eigenvalue weighted by Crippen LogP contribution is 2.29. The van der Waals surface area contributed by atoms with Gasteiger partial charge in [-0.05, 0) is 41.8 Å². The van der Waals surface area contributed by atoms with Crippen LogP contribution in [-0.4, -0.2) is 46.3 Å². The molecule has 0 radical (unpaired) electrons. The molecule has 1 aliphatic rings. The quantitative estimate of drug-likeness (QED) is 0.440. The predicted octanol–water partition coefficient (Wildman–Crippen LogP) is 4.05. The summed E-state index contributed by atoms with van der Waals surface area (Å²) in [6.45, 7) is 5.96. The smallest absolute Gasteiger partial charge is 0.276 e. The van der Waals surface area contributed by atoms with E-state index in [4.69, 9.17) is 9.72 Å². The van der Waals surface area contributed by atoms with Crippen molar-refractivity contribution in [3.63, 3.8) is 0 Å². The van der Waals surface area contributed by atoms with Crippen molar-refractivity contribution in [3.8, 4) is 11.4 Å². The van der Waals surface area contributed by atoms with Crippen LogP contribution in [0.4, 0.5) is 0 Å². The summed E-state index contributed by atoms with van der Waals surface area (Å²) in [4.78, 5) is 32.8. The first kappa shape index (κ1) is 20.9. The van der Waals surface area contributed by atoms with Gasteiger partial charge in [0.05, 0.1) is 24.1 Å². The van der Waals surface area contributed by atoms with Crippen molar-refractivity contribution in [2.75, 3.05) is 26.0 Å². The third kappa shape index (κ3) is 4.11. The van der Waals surface area contributed by atoms with Crippen molar-refractivity contribution in [2.45, 2.75) is 25.4 Å². The second-order valence-electron chi connectivity index (χ2n) is 7.88. The number of hydrogen-bond donors (Lipinski definition) is 0. The minimum absolute atomic E-state index is 0.0876. The van der Waals surface area contributed by atoms with Gasteiger partial charge >= 0.3 is 0 Å². The molecule has 0 spiro atoms. The monoisotopic (exact) mass is 443 g/mol. The molecule has 3 heterocycles. The number of hydrogen-bond acceptors (Lipinski definition) is 6. The van der Waals surface area contributed by atoms with E-state index in [-0.39, 0.29) is 17.2 Å². The molecule has 1 fully saturated rings. The molecule has 0 aliphatic carbocycles. The number of rotatable bonds is 5. The molecule has 1 aliphatic heterocycles. The number of benzene rings is 1. The molecule has 2 atom stereocenters. The van der Waals surface area contributed by atoms with Gasteiger partial charge in [0.25, 0.3) is 5.56 Å². The lowest BCUT2D eigenvalue weighted by atomic mass is 9.92. The van der Waals surface area contributed by atoms with Gasteiger partial charge in [0.2, 0.25) is 5.91 Å². The van der Waals surface area contributed by atoms with Crippen LogP contribution in [0.1, 0.15) is 20.3 Å².